The van der Waals surface area contributed by atoms with Crippen molar-refractivity contribution in [3.05, 3.63) is 71.5 Å². The normalized spacial score (nSPS) is 11.6. The van der Waals surface area contributed by atoms with Crippen LogP contribution in [0.3, 0.4) is 0 Å². The lowest BCUT2D eigenvalue weighted by Gasteiger charge is -2.09. The first-order valence-electron chi connectivity index (χ1n) is 8.02. The summed E-state index contributed by atoms with van der Waals surface area (Å²) < 4.78 is 20.3. The number of phenols is 1. The van der Waals surface area contributed by atoms with E-state index in [1.54, 1.807) is 36.4 Å². The van der Waals surface area contributed by atoms with Gasteiger partial charge in [-0.15, -0.1) is 0 Å². The molecule has 126 valence electrons. The Hall–Kier alpha value is -3.11. The third-order valence-corrected chi connectivity index (χ3v) is 4.94. The molecule has 0 aliphatic carbocycles. The lowest BCUT2D eigenvalue weighted by molar-refractivity contribution is 0.441. The summed E-state index contributed by atoms with van der Waals surface area (Å²) in [4.78, 5) is 0. The second-order valence-electron chi connectivity index (χ2n) is 6.11. The van der Waals surface area contributed by atoms with Gasteiger partial charge in [-0.2, -0.15) is 0 Å². The molecule has 0 spiro atoms. The van der Waals surface area contributed by atoms with E-state index in [1.165, 1.54) is 6.07 Å². The van der Waals surface area contributed by atoms with E-state index < -0.39 is 0 Å². The number of aromatic nitrogens is 1. The van der Waals surface area contributed by atoms with E-state index in [0.717, 1.165) is 21.7 Å². The Balaban J connectivity index is 2.06. The Bertz CT molecular complexity index is 1310. The molecule has 3 nitrogen and oxygen atoms in total. The smallest absolute Gasteiger partial charge is 0.175 e. The van der Waals surface area contributed by atoms with Gasteiger partial charge in [-0.25, -0.2) is 4.39 Å². The Morgan fingerprint density at radius 2 is 1.54 bits per heavy atom. The third kappa shape index (κ3) is 2.02. The molecule has 4 aromatic carbocycles. The van der Waals surface area contributed by atoms with Gasteiger partial charge in [-0.3, -0.25) is 0 Å². The van der Waals surface area contributed by atoms with Crippen LogP contribution in [-0.4, -0.2) is 10.3 Å². The molecule has 0 saturated heterocycles. The minimum atomic E-state index is -0.361. The third-order valence-electron chi connectivity index (χ3n) is 4.63. The van der Waals surface area contributed by atoms with Gasteiger partial charge in [0.2, 0.25) is 0 Å². The largest absolute Gasteiger partial charge is 0.508 e. The lowest BCUT2D eigenvalue weighted by Crippen LogP contribution is -1.87. The number of benzene rings is 4. The maximum Gasteiger partial charge on any atom is 0.175 e. The van der Waals surface area contributed by atoms with Crippen molar-refractivity contribution in [1.29, 1.82) is 0 Å². The molecule has 0 atom stereocenters. The number of phenolic OH excluding ortho intramolecular Hbond substituents is 1. The Kier molecular flexibility index (Phi) is 3.18. The summed E-state index contributed by atoms with van der Waals surface area (Å²) in [5.41, 5.74) is 1.16. The molecule has 0 aliphatic rings. The molecule has 5 aromatic rings. The van der Waals surface area contributed by atoms with Crippen LogP contribution in [0.25, 0.3) is 43.8 Å². The second kappa shape index (κ2) is 5.44. The highest BCUT2D eigenvalue weighted by Crippen LogP contribution is 2.43. The predicted molar refractivity (Wildman–Crippen MR) is 101 cm³/mol. The number of hydrogen-bond donors (Lipinski definition) is 1. The summed E-state index contributed by atoms with van der Waals surface area (Å²) in [6.07, 6.45) is 0. The summed E-state index contributed by atoms with van der Waals surface area (Å²) >= 11 is 6.51. The van der Waals surface area contributed by atoms with E-state index in [0.29, 0.717) is 27.1 Å². The van der Waals surface area contributed by atoms with Gasteiger partial charge in [-0.1, -0.05) is 41.0 Å². The standard InChI is InChI=1S/C21H11ClFNO2/c22-15-5-1-3-13-14-4-2-6-16(23)18(14)20-19(17(13)15)21(26-24-20)11-7-9-12(25)10-8-11/h1-10,25H. The fraction of sp³-hybridized carbons (Fsp3) is 0. The minimum absolute atomic E-state index is 0.150. The number of rotatable bonds is 1. The van der Waals surface area contributed by atoms with Crippen LogP contribution in [0.1, 0.15) is 0 Å². The summed E-state index contributed by atoms with van der Waals surface area (Å²) in [6.45, 7) is 0. The monoisotopic (exact) mass is 363 g/mol. The second-order valence-corrected chi connectivity index (χ2v) is 6.51. The zero-order chi connectivity index (χ0) is 17.8. The number of aromatic hydroxyl groups is 1. The van der Waals surface area contributed by atoms with Gasteiger partial charge in [-0.05, 0) is 47.2 Å². The topological polar surface area (TPSA) is 46.3 Å². The Labute approximate surface area is 152 Å². The molecule has 0 aliphatic heterocycles. The SMILES string of the molecule is Oc1ccc(-c2onc3c4c(F)cccc4c4cccc(Cl)c4c23)cc1. The minimum Gasteiger partial charge on any atom is -0.508 e. The van der Waals surface area contributed by atoms with Crippen molar-refractivity contribution in [2.24, 2.45) is 0 Å². The van der Waals surface area contributed by atoms with Crippen molar-refractivity contribution < 1.29 is 14.0 Å². The summed E-state index contributed by atoms with van der Waals surface area (Å²) in [5, 5.41) is 17.7. The zero-order valence-corrected chi connectivity index (χ0v) is 14.1. The molecule has 1 aromatic heterocycles. The zero-order valence-electron chi connectivity index (χ0n) is 13.3. The van der Waals surface area contributed by atoms with Gasteiger partial charge in [0.1, 0.15) is 17.1 Å². The van der Waals surface area contributed by atoms with Crippen LogP contribution < -0.4 is 0 Å². The van der Waals surface area contributed by atoms with Gasteiger partial charge in [0.15, 0.2) is 5.76 Å². The van der Waals surface area contributed by atoms with Crippen LogP contribution in [-0.2, 0) is 0 Å². The van der Waals surface area contributed by atoms with E-state index in [-0.39, 0.29) is 11.6 Å². The quantitative estimate of drug-likeness (QED) is 0.355. The van der Waals surface area contributed by atoms with E-state index in [4.69, 9.17) is 16.1 Å². The molecule has 0 radical (unpaired) electrons. The molecule has 1 heterocycles. The molecule has 0 fully saturated rings. The van der Waals surface area contributed by atoms with Crippen LogP contribution in [0, 0.1) is 5.82 Å². The van der Waals surface area contributed by atoms with Gasteiger partial charge in [0.25, 0.3) is 0 Å². The maximum absolute atomic E-state index is 14.7. The van der Waals surface area contributed by atoms with Crippen molar-refractivity contribution in [3.8, 4) is 17.1 Å². The molecule has 0 saturated carbocycles. The van der Waals surface area contributed by atoms with Crippen LogP contribution >= 0.6 is 11.6 Å². The van der Waals surface area contributed by atoms with Gasteiger partial charge < -0.3 is 9.63 Å². The highest BCUT2D eigenvalue weighted by atomic mass is 35.5. The van der Waals surface area contributed by atoms with E-state index in [9.17, 15) is 9.50 Å². The summed E-state index contributed by atoms with van der Waals surface area (Å²) in [7, 11) is 0. The fourth-order valence-corrected chi connectivity index (χ4v) is 3.76. The molecule has 26 heavy (non-hydrogen) atoms. The summed E-state index contributed by atoms with van der Waals surface area (Å²) in [6, 6.07) is 17.1. The van der Waals surface area contributed by atoms with Gasteiger partial charge >= 0.3 is 0 Å². The fourth-order valence-electron chi connectivity index (χ4n) is 3.49. The molecule has 0 amide bonds. The number of nitrogens with zero attached hydrogens (tertiary/aromatic N) is 1. The van der Waals surface area contributed by atoms with E-state index in [1.807, 2.05) is 18.2 Å². The number of halogens is 2. The van der Waals surface area contributed by atoms with Crippen molar-refractivity contribution in [2.45, 2.75) is 0 Å². The Morgan fingerprint density at radius 3 is 2.31 bits per heavy atom. The highest BCUT2D eigenvalue weighted by Gasteiger charge is 2.21. The van der Waals surface area contributed by atoms with Crippen LogP contribution in [0.4, 0.5) is 4.39 Å². The molecule has 0 unspecified atom stereocenters. The molecule has 5 rings (SSSR count). The molecular weight excluding hydrogens is 353 g/mol. The van der Waals surface area contributed by atoms with E-state index >= 15 is 0 Å². The highest BCUT2D eigenvalue weighted by molar-refractivity contribution is 6.41. The predicted octanol–water partition coefficient (Wildman–Crippen LogP) is 6.30. The maximum atomic E-state index is 14.7. The number of hydrogen-bond acceptors (Lipinski definition) is 3. The first-order valence-corrected chi connectivity index (χ1v) is 8.40. The van der Waals surface area contributed by atoms with Crippen LogP contribution in [0.5, 0.6) is 5.75 Å². The van der Waals surface area contributed by atoms with Crippen molar-refractivity contribution in [2.75, 3.05) is 0 Å². The van der Waals surface area contributed by atoms with Crippen molar-refractivity contribution >= 4 is 44.0 Å². The van der Waals surface area contributed by atoms with Crippen LogP contribution in [0.15, 0.2) is 65.2 Å². The first kappa shape index (κ1) is 15.2. The van der Waals surface area contributed by atoms with Crippen molar-refractivity contribution in [3.63, 3.8) is 0 Å². The van der Waals surface area contributed by atoms with Gasteiger partial charge in [0, 0.05) is 21.4 Å². The average molecular weight is 364 g/mol. The van der Waals surface area contributed by atoms with Gasteiger partial charge in [0.05, 0.1) is 5.39 Å². The molecular formula is C21H11ClFNO2. The first-order chi connectivity index (χ1) is 12.6. The average Bonchev–Trinajstić information content (AvgIpc) is 3.07. The number of fused-ring (bicyclic) bond motifs is 6. The molecule has 1 N–H and O–H groups in total. The lowest BCUT2D eigenvalue weighted by atomic mass is 9.95. The Morgan fingerprint density at radius 1 is 0.846 bits per heavy atom. The van der Waals surface area contributed by atoms with Crippen molar-refractivity contribution in [1.82, 2.24) is 5.16 Å². The summed E-state index contributed by atoms with van der Waals surface area (Å²) in [5.74, 6) is 0.278. The molecule has 5 heteroatoms. The van der Waals surface area contributed by atoms with Crippen LogP contribution in [0.2, 0.25) is 5.02 Å². The van der Waals surface area contributed by atoms with E-state index in [2.05, 4.69) is 5.16 Å². The molecule has 0 bridgehead atoms.